The topological polar surface area (TPSA) is 149 Å². The van der Waals surface area contributed by atoms with Crippen LogP contribution in [0.15, 0.2) is 69.2 Å². The van der Waals surface area contributed by atoms with E-state index in [2.05, 4.69) is 9.82 Å². The number of alkyl halides is 3. The van der Waals surface area contributed by atoms with Gasteiger partial charge in [-0.15, -0.1) is 0 Å². The van der Waals surface area contributed by atoms with Gasteiger partial charge >= 0.3 is 11.9 Å². The molecule has 1 aliphatic carbocycles. The number of hydrogen-bond acceptors (Lipinski definition) is 7. The van der Waals surface area contributed by atoms with Crippen molar-refractivity contribution in [2.45, 2.75) is 50.1 Å². The van der Waals surface area contributed by atoms with E-state index in [-0.39, 0.29) is 33.9 Å². The normalized spacial score (nSPS) is 14.2. The van der Waals surface area contributed by atoms with Crippen LogP contribution in [0.25, 0.3) is 22.6 Å². The summed E-state index contributed by atoms with van der Waals surface area (Å²) in [5, 5.41) is 13.4. The highest BCUT2D eigenvalue weighted by molar-refractivity contribution is 7.90. The lowest BCUT2D eigenvalue weighted by atomic mass is 9.89. The van der Waals surface area contributed by atoms with Gasteiger partial charge in [-0.2, -0.15) is 23.5 Å². The van der Waals surface area contributed by atoms with Crippen molar-refractivity contribution in [2.75, 3.05) is 0 Å². The number of aromatic nitrogens is 4. The Hall–Kier alpha value is -4.97. The quantitative estimate of drug-likeness (QED) is 0.335. The van der Waals surface area contributed by atoms with E-state index < -0.39 is 49.7 Å². The van der Waals surface area contributed by atoms with E-state index in [4.69, 9.17) is 0 Å². The van der Waals surface area contributed by atoms with Gasteiger partial charge in [-0.1, -0.05) is 25.3 Å². The summed E-state index contributed by atoms with van der Waals surface area (Å²) in [5.41, 5.74) is -3.54. The number of sulfonamides is 1. The molecule has 4 aromatic rings. The Labute approximate surface area is 255 Å². The van der Waals surface area contributed by atoms with Crippen molar-refractivity contribution in [1.82, 2.24) is 23.6 Å². The van der Waals surface area contributed by atoms with Crippen molar-refractivity contribution >= 4 is 15.9 Å². The van der Waals surface area contributed by atoms with Gasteiger partial charge in [0.05, 0.1) is 40.3 Å². The summed E-state index contributed by atoms with van der Waals surface area (Å²) in [4.78, 5) is 39.5. The Morgan fingerprint density at radius 1 is 1.04 bits per heavy atom. The van der Waals surface area contributed by atoms with Gasteiger partial charge in [0.25, 0.3) is 15.6 Å². The fourth-order valence-electron chi connectivity index (χ4n) is 5.48. The zero-order valence-electron chi connectivity index (χ0n) is 24.1. The number of carbonyl (C=O) groups excluding carboxylic acids is 1. The number of rotatable bonds is 6. The first kappa shape index (κ1) is 31.5. The predicted octanol–water partition coefficient (Wildman–Crippen LogP) is 3.97. The molecule has 2 aromatic heterocycles. The van der Waals surface area contributed by atoms with Gasteiger partial charge in [0.1, 0.15) is 10.6 Å². The van der Waals surface area contributed by atoms with Gasteiger partial charge in [0, 0.05) is 18.7 Å². The largest absolute Gasteiger partial charge is 0.416 e. The second-order valence-corrected chi connectivity index (χ2v) is 12.4. The minimum atomic E-state index is -4.73. The first-order valence-corrected chi connectivity index (χ1v) is 15.4. The lowest BCUT2D eigenvalue weighted by Crippen LogP contribution is -2.40. The molecule has 1 fully saturated rings. The molecule has 1 N–H and O–H groups in total. The van der Waals surface area contributed by atoms with Crippen LogP contribution in [0.4, 0.5) is 13.2 Å². The summed E-state index contributed by atoms with van der Waals surface area (Å²) in [5.74, 6) is -1.23. The molecule has 2 heterocycles. The van der Waals surface area contributed by atoms with Gasteiger partial charge in [-0.05, 0) is 62.2 Å². The molecule has 45 heavy (non-hydrogen) atoms. The molecule has 234 valence electrons. The van der Waals surface area contributed by atoms with E-state index in [0.717, 1.165) is 60.0 Å². The molecule has 0 aliphatic heterocycles. The highest BCUT2D eigenvalue weighted by Gasteiger charge is 2.34. The zero-order valence-corrected chi connectivity index (χ0v) is 24.9. The molecule has 0 atom stereocenters. The van der Waals surface area contributed by atoms with E-state index in [0.29, 0.717) is 17.4 Å². The third kappa shape index (κ3) is 5.93. The lowest BCUT2D eigenvalue weighted by Gasteiger charge is -2.21. The summed E-state index contributed by atoms with van der Waals surface area (Å²) in [6.45, 7) is 1.30. The Balaban J connectivity index is 1.78. The molecule has 0 saturated heterocycles. The average molecular weight is 641 g/mol. The average Bonchev–Trinajstić information content (AvgIpc) is 3.46. The van der Waals surface area contributed by atoms with E-state index >= 15 is 0 Å². The van der Waals surface area contributed by atoms with Gasteiger partial charge in [-0.25, -0.2) is 22.6 Å². The van der Waals surface area contributed by atoms with Crippen molar-refractivity contribution < 1.29 is 26.4 Å². The van der Waals surface area contributed by atoms with Crippen LogP contribution < -0.4 is 16.0 Å². The highest BCUT2D eigenvalue weighted by atomic mass is 32.2. The number of halogens is 3. The summed E-state index contributed by atoms with van der Waals surface area (Å²) in [7, 11) is -3.56. The third-order valence-corrected chi connectivity index (χ3v) is 9.19. The second-order valence-electron chi connectivity index (χ2n) is 10.7. The molecule has 2 aromatic carbocycles. The number of benzene rings is 2. The standard InChI is InChI=1S/C30H27F3N6O5S/c1-18-25(28(41)37(2)29(42)38(18)23-10-6-9-21(15-23)30(31,32)33)26-24(17-35-39(26)22-13-11-19(16-34)12-14-22)45(43,44)36-27(40)20-7-4-3-5-8-20/h6,9-15,17,20H,3-5,7-8H2,1-2H3,(H,36,40). The lowest BCUT2D eigenvalue weighted by molar-refractivity contribution is -0.137. The van der Waals surface area contributed by atoms with Crippen LogP contribution in [-0.2, 0) is 28.0 Å². The molecular weight excluding hydrogens is 613 g/mol. The van der Waals surface area contributed by atoms with Crippen molar-refractivity contribution in [3.8, 4) is 28.7 Å². The summed E-state index contributed by atoms with van der Waals surface area (Å²) in [6.07, 6.45) is -0.285. The van der Waals surface area contributed by atoms with Crippen LogP contribution in [0.1, 0.15) is 48.9 Å². The number of amides is 1. The third-order valence-electron chi connectivity index (χ3n) is 7.84. The molecule has 0 bridgehead atoms. The maximum absolute atomic E-state index is 13.8. The minimum Gasteiger partial charge on any atom is -0.274 e. The zero-order chi connectivity index (χ0) is 32.7. The van der Waals surface area contributed by atoms with Gasteiger partial charge in [0.15, 0.2) is 0 Å². The van der Waals surface area contributed by atoms with Crippen molar-refractivity contribution in [3.05, 3.63) is 92.4 Å². The number of carbonyl (C=O) groups is 1. The number of nitriles is 1. The van der Waals surface area contributed by atoms with Crippen molar-refractivity contribution in [1.29, 1.82) is 5.26 Å². The van der Waals surface area contributed by atoms with Crippen LogP contribution in [0.2, 0.25) is 0 Å². The number of hydrogen-bond donors (Lipinski definition) is 1. The van der Waals surface area contributed by atoms with Crippen molar-refractivity contribution in [3.63, 3.8) is 0 Å². The van der Waals surface area contributed by atoms with Crippen LogP contribution in [0, 0.1) is 24.2 Å². The summed E-state index contributed by atoms with van der Waals surface area (Å²) >= 11 is 0. The minimum absolute atomic E-state index is 0.173. The molecule has 0 radical (unpaired) electrons. The predicted molar refractivity (Wildman–Crippen MR) is 156 cm³/mol. The van der Waals surface area contributed by atoms with E-state index in [1.54, 1.807) is 0 Å². The highest BCUT2D eigenvalue weighted by Crippen LogP contribution is 2.33. The molecule has 0 spiro atoms. The van der Waals surface area contributed by atoms with Gasteiger partial charge in [0.2, 0.25) is 5.91 Å². The van der Waals surface area contributed by atoms with Crippen LogP contribution in [-0.4, -0.2) is 33.2 Å². The molecule has 11 nitrogen and oxygen atoms in total. The molecule has 1 amide bonds. The molecule has 1 saturated carbocycles. The van der Waals surface area contributed by atoms with E-state index in [1.807, 2.05) is 6.07 Å². The monoisotopic (exact) mass is 640 g/mol. The Morgan fingerprint density at radius 2 is 1.71 bits per heavy atom. The molecular formula is C30H27F3N6O5S. The first-order chi connectivity index (χ1) is 21.2. The fourth-order valence-corrected chi connectivity index (χ4v) is 6.65. The Kier molecular flexibility index (Phi) is 8.28. The fraction of sp³-hybridized carbons (Fsp3) is 0.300. The summed E-state index contributed by atoms with van der Waals surface area (Å²) in [6, 6.07) is 11.7. The smallest absolute Gasteiger partial charge is 0.274 e. The van der Waals surface area contributed by atoms with Crippen molar-refractivity contribution in [2.24, 2.45) is 13.0 Å². The SMILES string of the molecule is Cc1c(-c2c(S(=O)(=O)NC(=O)C3CCCCC3)cnn2-c2ccc(C#N)cc2)c(=O)n(C)c(=O)n1-c1cccc(C(F)(F)F)c1. The summed E-state index contributed by atoms with van der Waals surface area (Å²) < 4.78 is 73.0. The molecule has 5 rings (SSSR count). The maximum Gasteiger partial charge on any atom is 0.416 e. The van der Waals surface area contributed by atoms with Gasteiger partial charge < -0.3 is 0 Å². The van der Waals surface area contributed by atoms with Crippen LogP contribution in [0.3, 0.4) is 0 Å². The Morgan fingerprint density at radius 3 is 2.33 bits per heavy atom. The number of nitrogens with one attached hydrogen (secondary N) is 1. The molecule has 15 heteroatoms. The van der Waals surface area contributed by atoms with Crippen LogP contribution >= 0.6 is 0 Å². The van der Waals surface area contributed by atoms with E-state index in [1.165, 1.54) is 37.3 Å². The Bertz CT molecular complexity index is 2070. The first-order valence-electron chi connectivity index (χ1n) is 13.9. The molecule has 0 unspecified atom stereocenters. The van der Waals surface area contributed by atoms with Gasteiger partial charge in [-0.3, -0.25) is 18.7 Å². The second kappa shape index (κ2) is 11.8. The van der Waals surface area contributed by atoms with Crippen LogP contribution in [0.5, 0.6) is 0 Å². The van der Waals surface area contributed by atoms with E-state index in [9.17, 15) is 41.2 Å². The molecule has 1 aliphatic rings. The number of nitrogens with zero attached hydrogens (tertiary/aromatic N) is 5. The maximum atomic E-state index is 13.8.